The minimum atomic E-state index is -0.288. The Hall–Kier alpha value is -0.420. The number of piperazine rings is 1. The molecule has 1 unspecified atom stereocenters. The Morgan fingerprint density at radius 1 is 1.15 bits per heavy atom. The molecule has 0 aliphatic carbocycles. The fourth-order valence-corrected chi connectivity index (χ4v) is 3.18. The van der Waals surface area contributed by atoms with E-state index in [0.717, 1.165) is 30.7 Å². The normalized spacial score (nSPS) is 21.1. The van der Waals surface area contributed by atoms with E-state index in [1.54, 1.807) is 0 Å². The van der Waals surface area contributed by atoms with Crippen LogP contribution in [0.2, 0.25) is 0 Å². The number of hydrogen-bond acceptors (Lipinski definition) is 3. The predicted octanol–water partition coefficient (Wildman–Crippen LogP) is 2.68. The SMILES string of the molecule is CC(C)N1CCN(C(C)(CO)c2ccc(Br)cc2)CC1. The van der Waals surface area contributed by atoms with E-state index in [1.165, 1.54) is 5.56 Å². The second-order valence-electron chi connectivity index (χ2n) is 6.06. The van der Waals surface area contributed by atoms with Gasteiger partial charge in [-0.2, -0.15) is 0 Å². The standard InChI is InChI=1S/C16H25BrN2O/c1-13(2)18-8-10-19(11-9-18)16(3,12-20)14-4-6-15(17)7-5-14/h4-7,13,20H,8-12H2,1-3H3. The van der Waals surface area contributed by atoms with E-state index in [1.807, 2.05) is 12.1 Å². The fourth-order valence-electron chi connectivity index (χ4n) is 2.91. The molecule has 1 aromatic rings. The highest BCUT2D eigenvalue weighted by atomic mass is 79.9. The van der Waals surface area contributed by atoms with E-state index in [4.69, 9.17) is 0 Å². The van der Waals surface area contributed by atoms with Crippen molar-refractivity contribution < 1.29 is 5.11 Å². The summed E-state index contributed by atoms with van der Waals surface area (Å²) in [6, 6.07) is 8.91. The van der Waals surface area contributed by atoms with Gasteiger partial charge in [0.15, 0.2) is 0 Å². The van der Waals surface area contributed by atoms with Gasteiger partial charge >= 0.3 is 0 Å². The molecule has 1 N–H and O–H groups in total. The van der Waals surface area contributed by atoms with Crippen molar-refractivity contribution in [1.29, 1.82) is 0 Å². The quantitative estimate of drug-likeness (QED) is 0.912. The van der Waals surface area contributed by atoms with Crippen LogP contribution in [-0.4, -0.2) is 53.7 Å². The van der Waals surface area contributed by atoms with Crippen molar-refractivity contribution in [3.05, 3.63) is 34.3 Å². The topological polar surface area (TPSA) is 26.7 Å². The molecule has 1 saturated heterocycles. The van der Waals surface area contributed by atoms with E-state index in [9.17, 15) is 5.11 Å². The zero-order valence-electron chi connectivity index (χ0n) is 12.6. The van der Waals surface area contributed by atoms with Crippen LogP contribution in [0.5, 0.6) is 0 Å². The predicted molar refractivity (Wildman–Crippen MR) is 86.9 cm³/mol. The molecule has 2 rings (SSSR count). The molecule has 0 radical (unpaired) electrons. The Kier molecular flexibility index (Phi) is 5.24. The van der Waals surface area contributed by atoms with Gasteiger partial charge in [0, 0.05) is 36.7 Å². The highest BCUT2D eigenvalue weighted by Gasteiger charge is 2.35. The first-order chi connectivity index (χ1) is 9.47. The number of aliphatic hydroxyl groups is 1. The molecule has 3 nitrogen and oxygen atoms in total. The number of rotatable bonds is 4. The second kappa shape index (κ2) is 6.56. The number of halogens is 1. The van der Waals surface area contributed by atoms with Crippen LogP contribution in [0.15, 0.2) is 28.7 Å². The smallest absolute Gasteiger partial charge is 0.0666 e. The summed E-state index contributed by atoms with van der Waals surface area (Å²) in [6.07, 6.45) is 0. The molecule has 0 spiro atoms. The maximum Gasteiger partial charge on any atom is 0.0666 e. The fraction of sp³-hybridized carbons (Fsp3) is 0.625. The van der Waals surface area contributed by atoms with Gasteiger partial charge in [-0.1, -0.05) is 28.1 Å². The van der Waals surface area contributed by atoms with Crippen LogP contribution >= 0.6 is 15.9 Å². The monoisotopic (exact) mass is 340 g/mol. The summed E-state index contributed by atoms with van der Waals surface area (Å²) in [7, 11) is 0. The van der Waals surface area contributed by atoms with Crippen LogP contribution in [0.4, 0.5) is 0 Å². The van der Waals surface area contributed by atoms with Crippen LogP contribution in [0.1, 0.15) is 26.3 Å². The van der Waals surface area contributed by atoms with Crippen molar-refractivity contribution in [3.8, 4) is 0 Å². The lowest BCUT2D eigenvalue weighted by Crippen LogP contribution is -2.56. The lowest BCUT2D eigenvalue weighted by atomic mass is 9.90. The first-order valence-corrected chi connectivity index (χ1v) is 8.12. The van der Waals surface area contributed by atoms with Gasteiger partial charge in [0.1, 0.15) is 0 Å². The Morgan fingerprint density at radius 3 is 2.15 bits per heavy atom. The third-order valence-electron chi connectivity index (χ3n) is 4.52. The van der Waals surface area contributed by atoms with Crippen molar-refractivity contribution >= 4 is 15.9 Å². The lowest BCUT2D eigenvalue weighted by Gasteiger charge is -2.46. The molecule has 1 aromatic carbocycles. The average molecular weight is 341 g/mol. The summed E-state index contributed by atoms with van der Waals surface area (Å²) in [5.74, 6) is 0. The first-order valence-electron chi connectivity index (χ1n) is 7.33. The Labute approximate surface area is 130 Å². The summed E-state index contributed by atoms with van der Waals surface area (Å²) >= 11 is 3.47. The zero-order valence-corrected chi connectivity index (χ0v) is 14.2. The van der Waals surface area contributed by atoms with Gasteiger partial charge in [-0.15, -0.1) is 0 Å². The Balaban J connectivity index is 2.13. The van der Waals surface area contributed by atoms with Crippen molar-refractivity contribution in [3.63, 3.8) is 0 Å². The molecule has 0 aromatic heterocycles. The first kappa shape index (κ1) is 16.0. The largest absolute Gasteiger partial charge is 0.394 e. The molecule has 0 bridgehead atoms. The number of hydrogen-bond donors (Lipinski definition) is 1. The van der Waals surface area contributed by atoms with Crippen molar-refractivity contribution in [1.82, 2.24) is 9.80 Å². The number of nitrogens with zero attached hydrogens (tertiary/aromatic N) is 2. The van der Waals surface area contributed by atoms with Gasteiger partial charge in [0.2, 0.25) is 0 Å². The molecule has 0 saturated carbocycles. The Bertz CT molecular complexity index is 427. The third-order valence-corrected chi connectivity index (χ3v) is 5.05. The van der Waals surface area contributed by atoms with Crippen LogP contribution in [0.3, 0.4) is 0 Å². The highest BCUT2D eigenvalue weighted by Crippen LogP contribution is 2.30. The van der Waals surface area contributed by atoms with E-state index >= 15 is 0 Å². The van der Waals surface area contributed by atoms with E-state index in [2.05, 4.69) is 58.6 Å². The third kappa shape index (κ3) is 3.25. The van der Waals surface area contributed by atoms with Gasteiger partial charge in [-0.3, -0.25) is 9.80 Å². The minimum absolute atomic E-state index is 0.149. The van der Waals surface area contributed by atoms with E-state index in [0.29, 0.717) is 6.04 Å². The summed E-state index contributed by atoms with van der Waals surface area (Å²) in [6.45, 7) is 10.9. The molecule has 4 heteroatoms. The summed E-state index contributed by atoms with van der Waals surface area (Å²) in [4.78, 5) is 4.91. The van der Waals surface area contributed by atoms with Gasteiger partial charge in [0.05, 0.1) is 12.1 Å². The van der Waals surface area contributed by atoms with Crippen molar-refractivity contribution in [2.75, 3.05) is 32.8 Å². The molecule has 1 fully saturated rings. The highest BCUT2D eigenvalue weighted by molar-refractivity contribution is 9.10. The second-order valence-corrected chi connectivity index (χ2v) is 6.97. The van der Waals surface area contributed by atoms with Gasteiger partial charge in [0.25, 0.3) is 0 Å². The van der Waals surface area contributed by atoms with E-state index in [-0.39, 0.29) is 12.1 Å². The van der Waals surface area contributed by atoms with Crippen molar-refractivity contribution in [2.24, 2.45) is 0 Å². The summed E-state index contributed by atoms with van der Waals surface area (Å²) < 4.78 is 1.08. The Morgan fingerprint density at radius 2 is 1.70 bits per heavy atom. The van der Waals surface area contributed by atoms with E-state index < -0.39 is 0 Å². The summed E-state index contributed by atoms with van der Waals surface area (Å²) in [5.41, 5.74) is 0.894. The molecule has 20 heavy (non-hydrogen) atoms. The molecular weight excluding hydrogens is 316 g/mol. The van der Waals surface area contributed by atoms with Crippen LogP contribution < -0.4 is 0 Å². The number of aliphatic hydroxyl groups excluding tert-OH is 1. The molecule has 1 atom stereocenters. The van der Waals surface area contributed by atoms with Gasteiger partial charge < -0.3 is 5.11 Å². The van der Waals surface area contributed by atoms with Crippen molar-refractivity contribution in [2.45, 2.75) is 32.4 Å². The molecular formula is C16H25BrN2O. The number of benzene rings is 1. The average Bonchev–Trinajstić information content (AvgIpc) is 2.47. The van der Waals surface area contributed by atoms with Gasteiger partial charge in [-0.25, -0.2) is 0 Å². The van der Waals surface area contributed by atoms with Crippen LogP contribution in [-0.2, 0) is 5.54 Å². The van der Waals surface area contributed by atoms with Crippen LogP contribution in [0, 0.1) is 0 Å². The zero-order chi connectivity index (χ0) is 14.8. The van der Waals surface area contributed by atoms with Crippen LogP contribution in [0.25, 0.3) is 0 Å². The molecule has 112 valence electrons. The molecule has 1 aliphatic rings. The maximum atomic E-state index is 9.97. The molecule has 1 heterocycles. The molecule has 1 aliphatic heterocycles. The lowest BCUT2D eigenvalue weighted by molar-refractivity contribution is -0.00392. The maximum absolute atomic E-state index is 9.97. The minimum Gasteiger partial charge on any atom is -0.394 e. The summed E-state index contributed by atoms with van der Waals surface area (Å²) in [5, 5.41) is 9.97. The molecule has 0 amide bonds. The van der Waals surface area contributed by atoms with Gasteiger partial charge in [-0.05, 0) is 38.5 Å².